The number of ether oxygens (including phenoxy) is 2. The number of hydrogen-bond donors (Lipinski definition) is 0. The smallest absolute Gasteiger partial charge is 0.233 e. The van der Waals surface area contributed by atoms with Gasteiger partial charge in [-0.2, -0.15) is 10.2 Å². The minimum Gasteiger partial charge on any atom is -0.480 e. The van der Waals surface area contributed by atoms with E-state index in [9.17, 15) is 4.79 Å². The van der Waals surface area contributed by atoms with Crippen LogP contribution in [0.5, 0.6) is 11.8 Å². The second-order valence-corrected chi connectivity index (χ2v) is 17.6. The summed E-state index contributed by atoms with van der Waals surface area (Å²) in [4.78, 5) is 13.2. The zero-order chi connectivity index (χ0) is 34.9. The van der Waals surface area contributed by atoms with Crippen LogP contribution < -0.4 is 9.47 Å². The molecule has 0 aromatic carbocycles. The molecule has 4 aliphatic carbocycles. The summed E-state index contributed by atoms with van der Waals surface area (Å²) in [5.41, 5.74) is 2.19. The molecule has 276 valence electrons. The van der Waals surface area contributed by atoms with Crippen molar-refractivity contribution in [3.05, 3.63) is 35.7 Å². The van der Waals surface area contributed by atoms with Crippen LogP contribution >= 0.6 is 23.2 Å². The van der Waals surface area contributed by atoms with Gasteiger partial charge in [-0.3, -0.25) is 4.79 Å². The molecule has 0 amide bonds. The number of alkyl halides is 2. The average molecular weight is 728 g/mol. The van der Waals surface area contributed by atoms with Crippen molar-refractivity contribution >= 4 is 29.0 Å². The molecule has 2 aromatic heterocycles. The summed E-state index contributed by atoms with van der Waals surface area (Å²) in [6, 6.07) is 7.98. The van der Waals surface area contributed by atoms with Gasteiger partial charge in [-0.05, 0) is 163 Å². The number of halogens is 2. The van der Waals surface area contributed by atoms with E-state index in [0.29, 0.717) is 64.9 Å². The molecule has 7 nitrogen and oxygen atoms in total. The first kappa shape index (κ1) is 37.8. The molecule has 2 aromatic rings. The lowest BCUT2D eigenvalue weighted by molar-refractivity contribution is -0.121. The van der Waals surface area contributed by atoms with Gasteiger partial charge in [-0.1, -0.05) is 0 Å². The molecule has 2 atom stereocenters. The van der Waals surface area contributed by atoms with Gasteiger partial charge in [-0.25, -0.2) is 0 Å². The highest BCUT2D eigenvalue weighted by Crippen LogP contribution is 2.44. The minimum atomic E-state index is 0.263. The van der Waals surface area contributed by atoms with Crippen LogP contribution in [0.1, 0.15) is 152 Å². The van der Waals surface area contributed by atoms with E-state index in [4.69, 9.17) is 32.7 Å². The third-order valence-corrected chi connectivity index (χ3v) is 14.3. The number of aromatic nitrogens is 4. The normalized spacial score (nSPS) is 31.8. The molecule has 4 saturated carbocycles. The number of hydrogen-bond acceptors (Lipinski definition) is 7. The van der Waals surface area contributed by atoms with Crippen molar-refractivity contribution in [3.63, 3.8) is 0 Å². The summed E-state index contributed by atoms with van der Waals surface area (Å²) in [5, 5.41) is 17.7. The van der Waals surface area contributed by atoms with E-state index in [1.54, 1.807) is 14.2 Å². The molecule has 2 heterocycles. The fraction of sp³-hybridized carbons (Fsp3) is 0.780. The van der Waals surface area contributed by atoms with Crippen molar-refractivity contribution in [1.29, 1.82) is 0 Å². The van der Waals surface area contributed by atoms with Crippen LogP contribution in [0.3, 0.4) is 0 Å². The Labute approximate surface area is 310 Å². The molecule has 4 aliphatic rings. The lowest BCUT2D eigenvalue weighted by Crippen LogP contribution is -2.28. The molecule has 4 fully saturated rings. The molecule has 0 radical (unpaired) electrons. The van der Waals surface area contributed by atoms with Crippen molar-refractivity contribution in [3.8, 4) is 11.8 Å². The molecule has 6 rings (SSSR count). The van der Waals surface area contributed by atoms with Gasteiger partial charge in [-0.15, -0.1) is 33.4 Å². The van der Waals surface area contributed by atoms with Gasteiger partial charge >= 0.3 is 0 Å². The van der Waals surface area contributed by atoms with Crippen LogP contribution in [0.15, 0.2) is 24.3 Å². The van der Waals surface area contributed by atoms with E-state index in [2.05, 4.69) is 32.5 Å². The van der Waals surface area contributed by atoms with Gasteiger partial charge in [0.2, 0.25) is 11.8 Å². The Morgan fingerprint density at radius 3 is 1.24 bits per heavy atom. The number of rotatable bonds is 14. The van der Waals surface area contributed by atoms with Crippen molar-refractivity contribution in [2.45, 2.75) is 151 Å². The summed E-state index contributed by atoms with van der Waals surface area (Å²) in [6.45, 7) is 0. The van der Waals surface area contributed by atoms with Crippen LogP contribution in [0.2, 0.25) is 0 Å². The fourth-order valence-corrected chi connectivity index (χ4v) is 11.0. The van der Waals surface area contributed by atoms with E-state index >= 15 is 0 Å². The summed E-state index contributed by atoms with van der Waals surface area (Å²) >= 11 is 14.1. The highest BCUT2D eigenvalue weighted by Gasteiger charge is 2.34. The van der Waals surface area contributed by atoms with E-state index in [1.165, 1.54) is 103 Å². The maximum Gasteiger partial charge on any atom is 0.233 e. The molecular weight excluding hydrogens is 667 g/mol. The van der Waals surface area contributed by atoms with Gasteiger partial charge in [0.05, 0.1) is 25.6 Å². The highest BCUT2D eigenvalue weighted by atomic mass is 35.5. The van der Waals surface area contributed by atoms with Crippen molar-refractivity contribution in [2.75, 3.05) is 14.2 Å². The Balaban J connectivity index is 0.819. The van der Waals surface area contributed by atoms with Crippen LogP contribution in [-0.4, -0.2) is 51.2 Å². The number of carbonyl (C=O) groups excluding carboxylic acids is 1. The molecular formula is C41H60Cl2N4O3. The Morgan fingerprint density at radius 2 is 0.920 bits per heavy atom. The van der Waals surface area contributed by atoms with Crippen LogP contribution in [0.25, 0.3) is 0 Å². The molecule has 9 heteroatoms. The third kappa shape index (κ3) is 10.5. The highest BCUT2D eigenvalue weighted by molar-refractivity contribution is 6.21. The molecule has 0 spiro atoms. The number of ketones is 1. The van der Waals surface area contributed by atoms with Crippen LogP contribution in [0, 0.1) is 35.5 Å². The van der Waals surface area contributed by atoms with Gasteiger partial charge in [0.1, 0.15) is 5.78 Å². The summed E-state index contributed by atoms with van der Waals surface area (Å²) in [7, 11) is 3.25. The predicted octanol–water partition coefficient (Wildman–Crippen LogP) is 10.5. The molecule has 50 heavy (non-hydrogen) atoms. The zero-order valence-electron chi connectivity index (χ0n) is 30.5. The van der Waals surface area contributed by atoms with Gasteiger partial charge in [0.15, 0.2) is 0 Å². The number of carbonyl (C=O) groups is 1. The maximum absolute atomic E-state index is 13.2. The second-order valence-electron chi connectivity index (χ2n) is 16.4. The fourth-order valence-electron chi connectivity index (χ4n) is 9.96. The van der Waals surface area contributed by atoms with E-state index in [1.807, 2.05) is 12.1 Å². The second kappa shape index (κ2) is 18.7. The molecule has 0 aliphatic heterocycles. The maximum atomic E-state index is 13.2. The Morgan fingerprint density at radius 1 is 0.560 bits per heavy atom. The van der Waals surface area contributed by atoms with Crippen molar-refractivity contribution in [1.82, 2.24) is 20.4 Å². The first-order valence-corrected chi connectivity index (χ1v) is 20.8. The van der Waals surface area contributed by atoms with E-state index in [0.717, 1.165) is 37.1 Å². The Kier molecular flexibility index (Phi) is 14.1. The lowest BCUT2D eigenvalue weighted by Gasteiger charge is -2.35. The Hall–Kier alpha value is -1.99. The van der Waals surface area contributed by atoms with Crippen LogP contribution in [0.4, 0.5) is 0 Å². The summed E-state index contributed by atoms with van der Waals surface area (Å²) in [6.07, 6.45) is 22.8. The molecule has 0 saturated heterocycles. The van der Waals surface area contributed by atoms with Gasteiger partial charge < -0.3 is 9.47 Å². The SMILES string of the molecule is COc1ccc([C@H]2CC[C@H](CC(Cl)C3CCC(CC(=O)C[C@H]4CC[C@H](C(Cl)C[C@H]5CC[C@H](c6ccc(OC)nn6)CC5)CC4)CC3)CC2)nn1. The average Bonchev–Trinajstić information content (AvgIpc) is 3.16. The number of nitrogens with zero attached hydrogens (tertiary/aromatic N) is 4. The summed E-state index contributed by atoms with van der Waals surface area (Å²) < 4.78 is 10.3. The monoisotopic (exact) mass is 726 g/mol. The number of Topliss-reactive ketones (excluding diaryl/α,β-unsaturated/α-hetero) is 1. The zero-order valence-corrected chi connectivity index (χ0v) is 32.0. The van der Waals surface area contributed by atoms with Gasteiger partial charge in [0.25, 0.3) is 0 Å². The van der Waals surface area contributed by atoms with E-state index < -0.39 is 0 Å². The van der Waals surface area contributed by atoms with Crippen LogP contribution in [-0.2, 0) is 4.79 Å². The quantitative estimate of drug-likeness (QED) is 0.179. The molecule has 0 bridgehead atoms. The minimum absolute atomic E-state index is 0.263. The first-order valence-electron chi connectivity index (χ1n) is 19.9. The Bertz CT molecular complexity index is 1200. The standard InChI is InChI=1S/C41H60Cl2N4O3/c1-49-40-21-19-38(44-46-40)33-15-7-29(8-16-33)25-36(42)31-11-3-27(4-12-31)23-35(48)24-28-5-13-32(14-6-28)37(43)26-30-9-17-34(18-10-30)39-20-22-41(50-2)47-45-39/h19-22,27-34,36-37H,3-18,23-26H2,1-2H3/t27-,28?,29-,30-,31-,32?,33-,34-,36?,37?. The van der Waals surface area contributed by atoms with E-state index in [-0.39, 0.29) is 10.8 Å². The lowest BCUT2D eigenvalue weighted by atomic mass is 9.73. The van der Waals surface area contributed by atoms with Crippen molar-refractivity contribution in [2.24, 2.45) is 35.5 Å². The molecule has 0 N–H and O–H groups in total. The largest absolute Gasteiger partial charge is 0.480 e. The first-order chi connectivity index (χ1) is 24.4. The van der Waals surface area contributed by atoms with Gasteiger partial charge in [0, 0.05) is 47.6 Å². The van der Waals surface area contributed by atoms with Crippen molar-refractivity contribution < 1.29 is 14.3 Å². The molecule has 2 unspecified atom stereocenters. The predicted molar refractivity (Wildman–Crippen MR) is 200 cm³/mol. The topological polar surface area (TPSA) is 87.1 Å². The number of methoxy groups -OCH3 is 2. The third-order valence-electron chi connectivity index (χ3n) is 13.2. The summed E-state index contributed by atoms with van der Waals surface area (Å²) in [5.74, 6) is 6.40.